The van der Waals surface area contributed by atoms with Crippen LogP contribution in [0.2, 0.25) is 0 Å². The van der Waals surface area contributed by atoms with Gasteiger partial charge in [-0.1, -0.05) is 127 Å². The van der Waals surface area contributed by atoms with E-state index in [4.69, 9.17) is 9.97 Å². The second kappa shape index (κ2) is 17.1. The summed E-state index contributed by atoms with van der Waals surface area (Å²) in [5.41, 5.74) is 4.79. The molecule has 0 saturated carbocycles. The van der Waals surface area contributed by atoms with Gasteiger partial charge in [-0.25, -0.2) is 18.7 Å². The second-order valence-corrected chi connectivity index (χ2v) is 18.7. The molecule has 3 aromatic heterocycles. The third-order valence-corrected chi connectivity index (χ3v) is 14.2. The van der Waals surface area contributed by atoms with Gasteiger partial charge in [0.25, 0.3) is 0 Å². The van der Waals surface area contributed by atoms with Crippen LogP contribution >= 0.6 is 54.5 Å². The van der Waals surface area contributed by atoms with Crippen molar-refractivity contribution in [3.05, 3.63) is 91.0 Å². The lowest BCUT2D eigenvalue weighted by Crippen LogP contribution is -2.01. The number of aryl methyl sites for hydroxylation is 2. The minimum atomic E-state index is -0.872. The topological polar surface area (TPSA) is 25.8 Å². The number of rotatable bonds is 16. The molecule has 7 rings (SSSR count). The number of aromatic nitrogens is 2. The van der Waals surface area contributed by atoms with E-state index in [1.165, 1.54) is 74.0 Å². The summed E-state index contributed by atoms with van der Waals surface area (Å²) in [7, 11) is 0. The summed E-state index contributed by atoms with van der Waals surface area (Å²) in [5, 5.41) is 4.01. The van der Waals surface area contributed by atoms with Crippen LogP contribution in [0.1, 0.15) is 102 Å². The third kappa shape index (κ3) is 7.60. The predicted molar refractivity (Wildman–Crippen MR) is 228 cm³/mol. The lowest BCUT2D eigenvalue weighted by Gasteiger charge is -2.15. The summed E-state index contributed by atoms with van der Waals surface area (Å²) < 4.78 is 35.7. The molecule has 52 heavy (non-hydrogen) atoms. The molecule has 2 nitrogen and oxygen atoms in total. The van der Waals surface area contributed by atoms with Gasteiger partial charge in [0.2, 0.25) is 0 Å². The first kappa shape index (κ1) is 37.5. The van der Waals surface area contributed by atoms with Gasteiger partial charge in [0.05, 0.1) is 29.7 Å². The molecule has 0 bridgehead atoms. The Kier molecular flexibility index (Phi) is 12.4. The van der Waals surface area contributed by atoms with E-state index in [2.05, 4.69) is 70.0 Å². The molecule has 0 atom stereocenters. The summed E-state index contributed by atoms with van der Waals surface area (Å²) in [4.78, 5) is 11.9. The molecule has 0 N–H and O–H groups in total. The molecule has 0 unspecified atom stereocenters. The van der Waals surface area contributed by atoms with Gasteiger partial charge in [0, 0.05) is 20.5 Å². The molecule has 270 valence electrons. The van der Waals surface area contributed by atoms with E-state index in [0.29, 0.717) is 31.8 Å². The minimum Gasteiger partial charge on any atom is -0.243 e. The molecule has 0 fully saturated rings. The highest BCUT2D eigenvalue weighted by Crippen LogP contribution is 2.47. The molecule has 0 spiro atoms. The fourth-order valence-electron chi connectivity index (χ4n) is 7.48. The van der Waals surface area contributed by atoms with E-state index in [-0.39, 0.29) is 11.1 Å². The number of unbranched alkanes of at least 4 members (excludes halogenated alkanes) is 10. The molecule has 8 heteroatoms. The van der Waals surface area contributed by atoms with Gasteiger partial charge < -0.3 is 0 Å². The molecule has 4 aromatic carbocycles. The Balaban J connectivity index is 1.40. The van der Waals surface area contributed by atoms with Crippen LogP contribution in [0.15, 0.2) is 68.2 Å². The van der Waals surface area contributed by atoms with Gasteiger partial charge in [-0.05, 0) is 91.6 Å². The third-order valence-electron chi connectivity index (χ3n) is 10.3. The number of thiophene rings is 2. The largest absolute Gasteiger partial charge is 0.243 e. The van der Waals surface area contributed by atoms with Gasteiger partial charge in [0.1, 0.15) is 11.0 Å². The monoisotopic (exact) mass is 860 g/mol. The van der Waals surface area contributed by atoms with Crippen molar-refractivity contribution < 1.29 is 8.78 Å². The Morgan fingerprint density at radius 2 is 0.865 bits per heavy atom. The molecule has 0 aliphatic carbocycles. The first-order valence-electron chi connectivity index (χ1n) is 18.9. The minimum absolute atomic E-state index is 0.186. The van der Waals surface area contributed by atoms with E-state index in [9.17, 15) is 0 Å². The SMILES string of the molecule is CCCCCCCCc1cc(-c2c(F)c(F)c(-c3cc(CCCCCCCC)c(Br)s3)c3nc4c5ccccc5c5ccccc5c4nc23)sc1Br. The number of hydrogen-bond acceptors (Lipinski definition) is 4. The quantitative estimate of drug-likeness (QED) is 0.0549. The maximum Gasteiger partial charge on any atom is 0.170 e. The Labute approximate surface area is 330 Å². The van der Waals surface area contributed by atoms with Gasteiger partial charge in [-0.2, -0.15) is 0 Å². The summed E-state index contributed by atoms with van der Waals surface area (Å²) >= 11 is 10.5. The Bertz CT molecular complexity index is 2200. The lowest BCUT2D eigenvalue weighted by molar-refractivity contribution is 0.515. The van der Waals surface area contributed by atoms with Crippen LogP contribution in [0.25, 0.3) is 64.5 Å². The zero-order chi connectivity index (χ0) is 36.2. The average molecular weight is 863 g/mol. The molecular formula is C44H44Br2F2N2S2. The highest BCUT2D eigenvalue weighted by atomic mass is 79.9. The standard InChI is InChI=1S/C44H44Br2F2N2S2/c1-3-5-7-9-11-13-19-27-25-33(51-43(27)45)35-37(47)38(48)36(34-26-28(44(46)52-34)20-14-12-10-8-6-4-2)42-41(35)49-39-31-23-17-15-21-29(31)30-22-16-18-24-32(30)40(39)50-42/h15-18,21-26H,3-14,19-20H2,1-2H3. The molecule has 0 aliphatic rings. The molecule has 7 aromatic rings. The van der Waals surface area contributed by atoms with Gasteiger partial charge in [-0.3, -0.25) is 0 Å². The zero-order valence-electron chi connectivity index (χ0n) is 29.9. The zero-order valence-corrected chi connectivity index (χ0v) is 34.7. The van der Waals surface area contributed by atoms with Crippen LogP contribution in [0.3, 0.4) is 0 Å². The Morgan fingerprint density at radius 1 is 0.500 bits per heavy atom. The van der Waals surface area contributed by atoms with Crippen molar-refractivity contribution in [1.29, 1.82) is 0 Å². The van der Waals surface area contributed by atoms with Crippen LogP contribution in [-0.4, -0.2) is 9.97 Å². The highest BCUT2D eigenvalue weighted by molar-refractivity contribution is 9.11. The molecular weight excluding hydrogens is 818 g/mol. The van der Waals surface area contributed by atoms with Gasteiger partial charge in [0.15, 0.2) is 11.6 Å². The summed E-state index contributed by atoms with van der Waals surface area (Å²) in [6, 6.07) is 20.4. The first-order valence-corrected chi connectivity index (χ1v) is 22.1. The van der Waals surface area contributed by atoms with Crippen molar-refractivity contribution in [2.24, 2.45) is 0 Å². The van der Waals surface area contributed by atoms with Gasteiger partial charge >= 0.3 is 0 Å². The van der Waals surface area contributed by atoms with Crippen molar-refractivity contribution in [1.82, 2.24) is 9.97 Å². The second-order valence-electron chi connectivity index (χ2n) is 13.9. The van der Waals surface area contributed by atoms with Crippen LogP contribution in [-0.2, 0) is 12.8 Å². The highest BCUT2D eigenvalue weighted by Gasteiger charge is 2.28. The number of benzene rings is 4. The molecule has 0 amide bonds. The maximum atomic E-state index is 16.9. The average Bonchev–Trinajstić information content (AvgIpc) is 3.71. The Morgan fingerprint density at radius 3 is 1.27 bits per heavy atom. The number of halogens is 4. The smallest absolute Gasteiger partial charge is 0.170 e. The van der Waals surface area contributed by atoms with E-state index in [1.807, 2.05) is 36.4 Å². The first-order chi connectivity index (χ1) is 25.4. The fraction of sp³-hybridized carbons (Fsp3) is 0.364. The lowest BCUT2D eigenvalue weighted by atomic mass is 9.97. The van der Waals surface area contributed by atoms with Crippen molar-refractivity contribution in [3.8, 4) is 20.9 Å². The van der Waals surface area contributed by atoms with Crippen molar-refractivity contribution in [2.75, 3.05) is 0 Å². The maximum absolute atomic E-state index is 16.9. The van der Waals surface area contributed by atoms with Crippen LogP contribution in [0.4, 0.5) is 8.78 Å². The summed E-state index contributed by atoms with van der Waals surface area (Å²) in [6.07, 6.45) is 16.2. The Hall–Kier alpha value is -2.78. The molecule has 0 radical (unpaired) electrons. The van der Waals surface area contributed by atoms with Crippen LogP contribution in [0.5, 0.6) is 0 Å². The molecule has 0 saturated heterocycles. The van der Waals surface area contributed by atoms with Crippen LogP contribution < -0.4 is 0 Å². The normalized spacial score (nSPS) is 12.0. The van der Waals surface area contributed by atoms with E-state index in [0.717, 1.165) is 78.8 Å². The fourth-order valence-corrected chi connectivity index (χ4v) is 11.1. The summed E-state index contributed by atoms with van der Waals surface area (Å²) in [6.45, 7) is 4.46. The van der Waals surface area contributed by atoms with Crippen LogP contribution in [0, 0.1) is 11.6 Å². The number of nitrogens with zero attached hydrogens (tertiary/aromatic N) is 2. The van der Waals surface area contributed by atoms with Crippen molar-refractivity contribution >= 4 is 98.1 Å². The van der Waals surface area contributed by atoms with E-state index >= 15 is 8.78 Å². The number of fused-ring (bicyclic) bond motifs is 7. The van der Waals surface area contributed by atoms with E-state index < -0.39 is 11.6 Å². The summed E-state index contributed by atoms with van der Waals surface area (Å²) in [5.74, 6) is -1.74. The molecule has 3 heterocycles. The van der Waals surface area contributed by atoms with Gasteiger partial charge in [-0.15, -0.1) is 22.7 Å². The number of hydrogen-bond donors (Lipinski definition) is 0. The predicted octanol–water partition coefficient (Wildman–Crippen LogP) is 16.2. The van der Waals surface area contributed by atoms with Crippen molar-refractivity contribution in [2.45, 2.75) is 104 Å². The van der Waals surface area contributed by atoms with E-state index in [1.54, 1.807) is 0 Å². The molecule has 0 aliphatic heterocycles. The van der Waals surface area contributed by atoms with Crippen molar-refractivity contribution in [3.63, 3.8) is 0 Å².